The second-order valence-corrected chi connectivity index (χ2v) is 5.58. The minimum atomic E-state index is 0. The van der Waals surface area contributed by atoms with Crippen molar-refractivity contribution in [3.05, 3.63) is 18.2 Å². The molecule has 0 radical (unpaired) electrons. The molecule has 0 atom stereocenters. The Morgan fingerprint density at radius 3 is 2.74 bits per heavy atom. The molecule has 2 rings (SSSR count). The Morgan fingerprint density at radius 2 is 2.09 bits per heavy atom. The Kier molecular flexibility index (Phi) is 8.81. The first-order valence-corrected chi connectivity index (χ1v) is 8.04. The van der Waals surface area contributed by atoms with Crippen molar-refractivity contribution in [3.63, 3.8) is 0 Å². The van der Waals surface area contributed by atoms with Crippen molar-refractivity contribution in [1.82, 2.24) is 5.32 Å². The number of hydrogen-bond donors (Lipinski definition) is 2. The number of methoxy groups -OCH3 is 1. The molecule has 2 N–H and O–H groups in total. The molecule has 1 fully saturated rings. The number of carbonyl (C=O) groups excluding carboxylic acids is 1. The van der Waals surface area contributed by atoms with Gasteiger partial charge < -0.3 is 20.1 Å². The summed E-state index contributed by atoms with van der Waals surface area (Å²) in [6.07, 6.45) is 3.82. The molecule has 1 saturated heterocycles. The fourth-order valence-corrected chi connectivity index (χ4v) is 2.73. The largest absolute Gasteiger partial charge is 0.497 e. The normalized spacial score (nSPS) is 14.7. The van der Waals surface area contributed by atoms with Gasteiger partial charge in [-0.1, -0.05) is 0 Å². The van der Waals surface area contributed by atoms with Crippen molar-refractivity contribution in [1.29, 1.82) is 0 Å². The Bertz CT molecular complexity index is 491. The second-order valence-electron chi connectivity index (χ2n) is 5.58. The highest BCUT2D eigenvalue weighted by molar-refractivity contribution is 5.92. The maximum atomic E-state index is 12.2. The highest BCUT2D eigenvalue weighted by atomic mass is 35.5. The molecule has 23 heavy (non-hydrogen) atoms. The fourth-order valence-electron chi connectivity index (χ4n) is 2.73. The molecular formula is C17H27ClN2O3. The molecule has 130 valence electrons. The summed E-state index contributed by atoms with van der Waals surface area (Å²) >= 11 is 0. The zero-order valence-electron chi connectivity index (χ0n) is 13.9. The average Bonchev–Trinajstić information content (AvgIpc) is 2.55. The lowest BCUT2D eigenvalue weighted by Crippen LogP contribution is -2.28. The number of anilines is 1. The summed E-state index contributed by atoms with van der Waals surface area (Å²) in [4.78, 5) is 12.2. The van der Waals surface area contributed by atoms with E-state index in [4.69, 9.17) is 9.47 Å². The monoisotopic (exact) mass is 342 g/mol. The molecule has 0 aliphatic carbocycles. The van der Waals surface area contributed by atoms with Gasteiger partial charge in [0, 0.05) is 12.5 Å². The summed E-state index contributed by atoms with van der Waals surface area (Å²) in [5.74, 6) is 2.08. The third kappa shape index (κ3) is 6.28. The number of hydrogen-bond acceptors (Lipinski definition) is 4. The van der Waals surface area contributed by atoms with Crippen LogP contribution in [-0.4, -0.2) is 32.7 Å². The summed E-state index contributed by atoms with van der Waals surface area (Å²) in [6, 6.07) is 5.45. The second kappa shape index (κ2) is 10.3. The van der Waals surface area contributed by atoms with Crippen molar-refractivity contribution in [2.45, 2.75) is 32.6 Å². The highest BCUT2D eigenvalue weighted by Crippen LogP contribution is 2.29. The van der Waals surface area contributed by atoms with Gasteiger partial charge in [0.1, 0.15) is 11.5 Å². The predicted molar refractivity (Wildman–Crippen MR) is 94.9 cm³/mol. The van der Waals surface area contributed by atoms with Gasteiger partial charge in [0.2, 0.25) is 5.91 Å². The summed E-state index contributed by atoms with van der Waals surface area (Å²) in [6.45, 7) is 4.62. The van der Waals surface area contributed by atoms with E-state index in [1.807, 2.05) is 19.1 Å². The first kappa shape index (κ1) is 19.6. The summed E-state index contributed by atoms with van der Waals surface area (Å²) in [5.41, 5.74) is 0.677. The summed E-state index contributed by atoms with van der Waals surface area (Å²) in [5, 5.41) is 6.30. The van der Waals surface area contributed by atoms with Crippen LogP contribution < -0.4 is 20.1 Å². The van der Waals surface area contributed by atoms with Crippen LogP contribution in [0.2, 0.25) is 0 Å². The van der Waals surface area contributed by atoms with E-state index in [0.29, 0.717) is 36.1 Å². The molecule has 1 amide bonds. The first-order chi connectivity index (χ1) is 10.7. The van der Waals surface area contributed by atoms with Crippen molar-refractivity contribution >= 4 is 24.0 Å². The number of benzene rings is 1. The van der Waals surface area contributed by atoms with E-state index >= 15 is 0 Å². The van der Waals surface area contributed by atoms with Crippen molar-refractivity contribution in [2.24, 2.45) is 5.92 Å². The molecule has 0 aromatic heterocycles. The molecule has 1 aromatic rings. The van der Waals surface area contributed by atoms with E-state index in [2.05, 4.69) is 10.6 Å². The van der Waals surface area contributed by atoms with Crippen LogP contribution in [0.25, 0.3) is 0 Å². The van der Waals surface area contributed by atoms with Gasteiger partial charge >= 0.3 is 0 Å². The number of amides is 1. The van der Waals surface area contributed by atoms with Crippen LogP contribution in [0, 0.1) is 5.92 Å². The number of ether oxygens (including phenoxy) is 2. The number of halogens is 1. The minimum absolute atomic E-state index is 0. The van der Waals surface area contributed by atoms with Crippen LogP contribution >= 0.6 is 12.4 Å². The van der Waals surface area contributed by atoms with Crippen LogP contribution in [0.4, 0.5) is 5.69 Å². The van der Waals surface area contributed by atoms with Gasteiger partial charge in [-0.15, -0.1) is 12.4 Å². The van der Waals surface area contributed by atoms with E-state index in [0.717, 1.165) is 32.4 Å². The van der Waals surface area contributed by atoms with Gasteiger partial charge in [0.05, 0.1) is 19.4 Å². The number of nitrogens with one attached hydrogen (secondary N) is 2. The van der Waals surface area contributed by atoms with E-state index < -0.39 is 0 Å². The summed E-state index contributed by atoms with van der Waals surface area (Å²) in [7, 11) is 1.61. The topological polar surface area (TPSA) is 59.6 Å². The van der Waals surface area contributed by atoms with Crippen LogP contribution in [0.5, 0.6) is 11.5 Å². The molecule has 0 spiro atoms. The third-order valence-electron chi connectivity index (χ3n) is 4.00. The standard InChI is InChI=1S/C17H26N2O3.ClH/c1-3-22-16-6-5-14(21-2)12-15(16)19-17(20)7-4-13-8-10-18-11-9-13;/h5-6,12-13,18H,3-4,7-11H2,1-2H3,(H,19,20);1H. The molecule has 0 saturated carbocycles. The Morgan fingerprint density at radius 1 is 1.35 bits per heavy atom. The molecule has 1 aliphatic heterocycles. The van der Waals surface area contributed by atoms with Crippen LogP contribution in [0.1, 0.15) is 32.6 Å². The highest BCUT2D eigenvalue weighted by Gasteiger charge is 2.15. The molecule has 6 heteroatoms. The maximum Gasteiger partial charge on any atom is 0.224 e. The Hall–Kier alpha value is -1.46. The smallest absolute Gasteiger partial charge is 0.224 e. The van der Waals surface area contributed by atoms with E-state index in [1.165, 1.54) is 0 Å². The maximum absolute atomic E-state index is 12.2. The minimum Gasteiger partial charge on any atom is -0.497 e. The van der Waals surface area contributed by atoms with E-state index in [9.17, 15) is 4.79 Å². The van der Waals surface area contributed by atoms with Crippen LogP contribution in [0.3, 0.4) is 0 Å². The van der Waals surface area contributed by atoms with Gasteiger partial charge in [-0.2, -0.15) is 0 Å². The molecular weight excluding hydrogens is 316 g/mol. The Balaban J connectivity index is 0.00000264. The van der Waals surface area contributed by atoms with Crippen molar-refractivity contribution in [3.8, 4) is 11.5 Å². The van der Waals surface area contributed by atoms with Gasteiger partial charge in [-0.3, -0.25) is 4.79 Å². The van der Waals surface area contributed by atoms with Crippen molar-refractivity contribution in [2.75, 3.05) is 32.1 Å². The predicted octanol–water partition coefficient (Wildman–Crippen LogP) is 3.23. The zero-order valence-corrected chi connectivity index (χ0v) is 14.7. The lowest BCUT2D eigenvalue weighted by atomic mass is 9.93. The molecule has 5 nitrogen and oxygen atoms in total. The lowest BCUT2D eigenvalue weighted by Gasteiger charge is -2.22. The summed E-state index contributed by atoms with van der Waals surface area (Å²) < 4.78 is 10.8. The molecule has 0 unspecified atom stereocenters. The van der Waals surface area contributed by atoms with Crippen molar-refractivity contribution < 1.29 is 14.3 Å². The van der Waals surface area contributed by atoms with Crippen LogP contribution in [0.15, 0.2) is 18.2 Å². The quantitative estimate of drug-likeness (QED) is 0.798. The Labute approximate surface area is 144 Å². The van der Waals surface area contributed by atoms with E-state index in [-0.39, 0.29) is 18.3 Å². The van der Waals surface area contributed by atoms with Gasteiger partial charge in [-0.25, -0.2) is 0 Å². The van der Waals surface area contributed by atoms with Gasteiger partial charge in [0.15, 0.2) is 0 Å². The SMILES string of the molecule is CCOc1ccc(OC)cc1NC(=O)CCC1CCNCC1.Cl. The number of rotatable bonds is 7. The van der Waals surface area contributed by atoms with Crippen LogP contribution in [-0.2, 0) is 4.79 Å². The average molecular weight is 343 g/mol. The molecule has 1 aromatic carbocycles. The molecule has 1 aliphatic rings. The number of piperidine rings is 1. The van der Waals surface area contributed by atoms with Gasteiger partial charge in [0.25, 0.3) is 0 Å². The zero-order chi connectivity index (χ0) is 15.8. The fraction of sp³-hybridized carbons (Fsp3) is 0.588. The van der Waals surface area contributed by atoms with Gasteiger partial charge in [-0.05, 0) is 57.3 Å². The number of carbonyl (C=O) groups is 1. The molecule has 0 bridgehead atoms. The molecule has 1 heterocycles. The third-order valence-corrected chi connectivity index (χ3v) is 4.00. The first-order valence-electron chi connectivity index (χ1n) is 8.04. The lowest BCUT2D eigenvalue weighted by molar-refractivity contribution is -0.116. The van der Waals surface area contributed by atoms with E-state index in [1.54, 1.807) is 13.2 Å².